The summed E-state index contributed by atoms with van der Waals surface area (Å²) in [6, 6.07) is 12.1. The topological polar surface area (TPSA) is 80.2 Å². The summed E-state index contributed by atoms with van der Waals surface area (Å²) < 4.78 is 5.31. The zero-order chi connectivity index (χ0) is 20.2. The van der Waals surface area contributed by atoms with Gasteiger partial charge >= 0.3 is 6.09 Å². The maximum absolute atomic E-state index is 12.1. The lowest BCUT2D eigenvalue weighted by atomic mass is 10.1. The number of aromatic nitrogens is 3. The number of nitrogens with zero attached hydrogens (tertiary/aromatic N) is 4. The highest BCUT2D eigenvalue weighted by atomic mass is 16.6. The van der Waals surface area contributed by atoms with Crippen molar-refractivity contribution in [2.45, 2.75) is 38.8 Å². The molecule has 0 saturated carbocycles. The van der Waals surface area contributed by atoms with Crippen LogP contribution in [0.5, 0.6) is 0 Å². The van der Waals surface area contributed by atoms with E-state index in [1.165, 1.54) is 0 Å². The number of benzene rings is 1. The Hall–Kier alpha value is -3.22. The third kappa shape index (κ3) is 4.45. The normalized spacial score (nSPS) is 14.9. The van der Waals surface area contributed by atoms with Crippen LogP contribution in [0.1, 0.15) is 26.7 Å². The van der Waals surface area contributed by atoms with E-state index in [1.54, 1.807) is 17.3 Å². The minimum absolute atomic E-state index is 0.100. The predicted molar refractivity (Wildman–Crippen MR) is 113 cm³/mol. The van der Waals surface area contributed by atoms with E-state index in [4.69, 9.17) is 14.7 Å². The third-order valence-electron chi connectivity index (χ3n) is 4.95. The van der Waals surface area contributed by atoms with Crippen molar-refractivity contribution in [1.82, 2.24) is 19.9 Å². The molecule has 29 heavy (non-hydrogen) atoms. The Morgan fingerprint density at radius 2 is 1.93 bits per heavy atom. The highest BCUT2D eigenvalue weighted by Crippen LogP contribution is 2.26. The molecule has 1 fully saturated rings. The summed E-state index contributed by atoms with van der Waals surface area (Å²) in [7, 11) is 0. The molecule has 4 rings (SSSR count). The van der Waals surface area contributed by atoms with Gasteiger partial charge in [-0.1, -0.05) is 12.1 Å². The highest BCUT2D eigenvalue weighted by Gasteiger charge is 2.25. The average molecular weight is 391 g/mol. The van der Waals surface area contributed by atoms with Gasteiger partial charge in [-0.25, -0.2) is 14.8 Å². The summed E-state index contributed by atoms with van der Waals surface area (Å²) in [5.74, 6) is 1.47. The fourth-order valence-corrected chi connectivity index (χ4v) is 3.49. The Bertz CT molecular complexity index is 985. The summed E-state index contributed by atoms with van der Waals surface area (Å²) in [4.78, 5) is 27.6. The van der Waals surface area contributed by atoms with Crippen molar-refractivity contribution in [2.75, 3.05) is 18.4 Å². The van der Waals surface area contributed by atoms with Gasteiger partial charge < -0.3 is 15.0 Å². The standard InChI is InChI=1S/C22H25N5O2/c1-15(2)29-22(28)27-12-9-17(10-13-27)24-21-18-7-3-4-8-19(18)25-20(26-21)16-6-5-11-23-14-16/h3-8,11,14-15,17H,9-10,12-13H2,1-2H3,(H,24,25,26). The van der Waals surface area contributed by atoms with Crippen molar-refractivity contribution in [2.24, 2.45) is 0 Å². The van der Waals surface area contributed by atoms with Crippen molar-refractivity contribution in [3.8, 4) is 11.4 Å². The first-order valence-corrected chi connectivity index (χ1v) is 9.99. The first-order chi connectivity index (χ1) is 14.1. The van der Waals surface area contributed by atoms with Crippen LogP contribution in [0.25, 0.3) is 22.3 Å². The van der Waals surface area contributed by atoms with Gasteiger partial charge in [-0.15, -0.1) is 0 Å². The summed E-state index contributed by atoms with van der Waals surface area (Å²) >= 11 is 0. The van der Waals surface area contributed by atoms with Crippen molar-refractivity contribution < 1.29 is 9.53 Å². The number of ether oxygens (including phenoxy) is 1. The molecule has 0 atom stereocenters. The molecule has 1 amide bonds. The third-order valence-corrected chi connectivity index (χ3v) is 4.95. The molecule has 7 heteroatoms. The number of carbonyl (C=O) groups is 1. The Labute approximate surface area is 170 Å². The highest BCUT2D eigenvalue weighted by molar-refractivity contribution is 5.90. The minimum atomic E-state index is -0.232. The van der Waals surface area contributed by atoms with E-state index in [0.717, 1.165) is 35.1 Å². The molecular weight excluding hydrogens is 366 g/mol. The van der Waals surface area contributed by atoms with Crippen LogP contribution in [-0.4, -0.2) is 51.2 Å². The van der Waals surface area contributed by atoms with Crippen molar-refractivity contribution in [1.29, 1.82) is 0 Å². The lowest BCUT2D eigenvalue weighted by molar-refractivity contribution is 0.0701. The summed E-state index contributed by atoms with van der Waals surface area (Å²) in [5.41, 5.74) is 1.77. The monoisotopic (exact) mass is 391 g/mol. The molecule has 1 saturated heterocycles. The Balaban J connectivity index is 1.53. The molecule has 2 aromatic heterocycles. The Morgan fingerprint density at radius 3 is 2.66 bits per heavy atom. The van der Waals surface area contributed by atoms with Crippen LogP contribution in [0, 0.1) is 0 Å². The van der Waals surface area contributed by atoms with Gasteiger partial charge in [-0.3, -0.25) is 4.98 Å². The predicted octanol–water partition coefficient (Wildman–Crippen LogP) is 4.11. The number of nitrogens with one attached hydrogen (secondary N) is 1. The van der Waals surface area contributed by atoms with E-state index < -0.39 is 0 Å². The number of para-hydroxylation sites is 1. The van der Waals surface area contributed by atoms with Gasteiger partial charge in [-0.2, -0.15) is 0 Å². The molecule has 3 aromatic rings. The second kappa shape index (κ2) is 8.43. The number of carbonyl (C=O) groups excluding carboxylic acids is 1. The number of hydrogen-bond donors (Lipinski definition) is 1. The Morgan fingerprint density at radius 1 is 1.14 bits per heavy atom. The average Bonchev–Trinajstić information content (AvgIpc) is 2.74. The molecule has 1 aliphatic rings. The van der Waals surface area contributed by atoms with Crippen LogP contribution >= 0.6 is 0 Å². The first kappa shape index (κ1) is 19.1. The van der Waals surface area contributed by atoms with Gasteiger partial charge in [0.15, 0.2) is 5.82 Å². The molecule has 1 aromatic carbocycles. The smallest absolute Gasteiger partial charge is 0.410 e. The van der Waals surface area contributed by atoms with Gasteiger partial charge in [-0.05, 0) is 51.0 Å². The van der Waals surface area contributed by atoms with E-state index in [-0.39, 0.29) is 18.2 Å². The molecule has 0 spiro atoms. The zero-order valence-corrected chi connectivity index (χ0v) is 16.7. The molecule has 0 radical (unpaired) electrons. The number of likely N-dealkylation sites (tertiary alicyclic amines) is 1. The summed E-state index contributed by atoms with van der Waals surface area (Å²) in [5, 5.41) is 4.57. The van der Waals surface area contributed by atoms with Crippen molar-refractivity contribution in [3.63, 3.8) is 0 Å². The molecule has 0 aliphatic carbocycles. The maximum Gasteiger partial charge on any atom is 0.410 e. The lowest BCUT2D eigenvalue weighted by Crippen LogP contribution is -2.43. The number of rotatable bonds is 4. The number of amides is 1. The van der Waals surface area contributed by atoms with Crippen LogP contribution in [0.4, 0.5) is 10.6 Å². The fourth-order valence-electron chi connectivity index (χ4n) is 3.49. The van der Waals surface area contributed by atoms with E-state index in [2.05, 4.69) is 10.3 Å². The zero-order valence-electron chi connectivity index (χ0n) is 16.7. The largest absolute Gasteiger partial charge is 0.447 e. The number of anilines is 1. The molecule has 7 nitrogen and oxygen atoms in total. The van der Waals surface area contributed by atoms with Crippen molar-refractivity contribution >= 4 is 22.8 Å². The number of fused-ring (bicyclic) bond motifs is 1. The van der Waals surface area contributed by atoms with E-state index in [9.17, 15) is 4.79 Å². The van der Waals surface area contributed by atoms with Gasteiger partial charge in [0.1, 0.15) is 5.82 Å². The number of pyridine rings is 1. The lowest BCUT2D eigenvalue weighted by Gasteiger charge is -2.32. The first-order valence-electron chi connectivity index (χ1n) is 9.99. The summed E-state index contributed by atoms with van der Waals surface area (Å²) in [6.07, 6.45) is 4.86. The second-order valence-corrected chi connectivity index (χ2v) is 7.49. The number of piperidine rings is 1. The van der Waals surface area contributed by atoms with Gasteiger partial charge in [0.25, 0.3) is 0 Å². The molecule has 1 aliphatic heterocycles. The SMILES string of the molecule is CC(C)OC(=O)N1CCC(Nc2nc(-c3cccnc3)nc3ccccc23)CC1. The minimum Gasteiger partial charge on any atom is -0.447 e. The van der Waals surface area contributed by atoms with Crippen molar-refractivity contribution in [3.05, 3.63) is 48.8 Å². The number of hydrogen-bond acceptors (Lipinski definition) is 6. The molecular formula is C22H25N5O2. The second-order valence-electron chi connectivity index (χ2n) is 7.49. The van der Waals surface area contributed by atoms with Gasteiger partial charge in [0.05, 0.1) is 11.6 Å². The van der Waals surface area contributed by atoms with Crippen LogP contribution < -0.4 is 5.32 Å². The Kier molecular flexibility index (Phi) is 5.55. The van der Waals surface area contributed by atoms with E-state index in [1.807, 2.05) is 50.2 Å². The molecule has 1 N–H and O–H groups in total. The van der Waals surface area contributed by atoms with Gasteiger partial charge in [0, 0.05) is 42.5 Å². The van der Waals surface area contributed by atoms with Crippen LogP contribution in [0.2, 0.25) is 0 Å². The van der Waals surface area contributed by atoms with Gasteiger partial charge in [0.2, 0.25) is 0 Å². The fraction of sp³-hybridized carbons (Fsp3) is 0.364. The molecule has 150 valence electrons. The van der Waals surface area contributed by atoms with Crippen LogP contribution in [0.15, 0.2) is 48.8 Å². The summed E-state index contributed by atoms with van der Waals surface area (Å²) in [6.45, 7) is 5.07. The maximum atomic E-state index is 12.1. The molecule has 0 bridgehead atoms. The molecule has 3 heterocycles. The van der Waals surface area contributed by atoms with E-state index >= 15 is 0 Å². The van der Waals surface area contributed by atoms with Crippen LogP contribution in [-0.2, 0) is 4.74 Å². The van der Waals surface area contributed by atoms with E-state index in [0.29, 0.717) is 18.9 Å². The van der Waals surface area contributed by atoms with Crippen LogP contribution in [0.3, 0.4) is 0 Å². The molecule has 0 unspecified atom stereocenters. The quantitative estimate of drug-likeness (QED) is 0.721.